The minimum absolute atomic E-state index is 0.159. The van der Waals surface area contributed by atoms with Gasteiger partial charge in [-0.15, -0.1) is 0 Å². The normalized spacial score (nSPS) is 11.9. The molecule has 0 amide bonds. The van der Waals surface area contributed by atoms with Crippen molar-refractivity contribution in [1.29, 1.82) is 0 Å². The minimum Gasteiger partial charge on any atom is -0.356 e. The maximum atomic E-state index is 5.25. The topological polar surface area (TPSA) is 52.7 Å². The molecule has 0 aliphatic rings. The zero-order valence-electron chi connectivity index (χ0n) is 10.4. The van der Waals surface area contributed by atoms with Gasteiger partial charge in [0.05, 0.1) is 6.04 Å². The van der Waals surface area contributed by atoms with Gasteiger partial charge in [-0.25, -0.2) is 0 Å². The van der Waals surface area contributed by atoms with Crippen LogP contribution >= 0.6 is 12.2 Å². The lowest BCUT2D eigenvalue weighted by molar-refractivity contribution is 0.722. The van der Waals surface area contributed by atoms with E-state index >= 15 is 0 Å². The summed E-state index contributed by atoms with van der Waals surface area (Å²) in [6, 6.07) is 12.2. The number of thiocarbonyl (C=S) groups is 1. The molecule has 0 spiro atoms. The Balaban J connectivity index is 1.92. The summed E-state index contributed by atoms with van der Waals surface area (Å²) in [5.41, 5.74) is 2.19. The molecule has 3 N–H and O–H groups in total. The van der Waals surface area contributed by atoms with Crippen molar-refractivity contribution in [3.05, 3.63) is 47.7 Å². The number of H-pyrrole nitrogens is 1. The molecule has 2 aromatic rings. The number of rotatable bonds is 3. The molecule has 4 nitrogen and oxygen atoms in total. The van der Waals surface area contributed by atoms with Crippen molar-refractivity contribution in [3.8, 4) is 0 Å². The van der Waals surface area contributed by atoms with E-state index < -0.39 is 0 Å². The quantitative estimate of drug-likeness (QED) is 0.743. The molecular formula is C13H16N4S. The number of aromatic nitrogens is 2. The summed E-state index contributed by atoms with van der Waals surface area (Å²) in [4.78, 5) is 0. The van der Waals surface area contributed by atoms with Crippen LogP contribution in [0.15, 0.2) is 36.4 Å². The molecular weight excluding hydrogens is 244 g/mol. The second-order valence-corrected chi connectivity index (χ2v) is 4.58. The lowest BCUT2D eigenvalue weighted by atomic mass is 10.1. The third-order valence-corrected chi connectivity index (χ3v) is 2.81. The van der Waals surface area contributed by atoms with Gasteiger partial charge in [0.15, 0.2) is 10.9 Å². The molecule has 1 heterocycles. The predicted octanol–water partition coefficient (Wildman–Crippen LogP) is 2.77. The Morgan fingerprint density at radius 1 is 1.33 bits per heavy atom. The van der Waals surface area contributed by atoms with Gasteiger partial charge in [0, 0.05) is 11.8 Å². The number of nitrogens with zero attached hydrogens (tertiary/aromatic N) is 1. The molecule has 0 aliphatic heterocycles. The van der Waals surface area contributed by atoms with E-state index in [4.69, 9.17) is 12.2 Å². The van der Waals surface area contributed by atoms with Crippen LogP contribution in [0.3, 0.4) is 0 Å². The molecule has 0 bridgehead atoms. The third kappa shape index (κ3) is 3.30. The standard InChI is InChI=1S/C13H16N4S/c1-9-8-12(17-16-9)15-13(18)14-10(2)11-6-4-3-5-7-11/h3-8,10H,1-2H3,(H3,14,15,16,17,18)/t10-/m1/s1. The fraction of sp³-hybridized carbons (Fsp3) is 0.231. The fourth-order valence-corrected chi connectivity index (χ4v) is 1.94. The highest BCUT2D eigenvalue weighted by Crippen LogP contribution is 2.11. The summed E-state index contributed by atoms with van der Waals surface area (Å²) in [5.74, 6) is 0.727. The molecule has 0 aliphatic carbocycles. The molecule has 0 saturated carbocycles. The monoisotopic (exact) mass is 260 g/mol. The number of aryl methyl sites for hydroxylation is 1. The van der Waals surface area contributed by atoms with Gasteiger partial charge in [-0.3, -0.25) is 5.10 Å². The summed E-state index contributed by atoms with van der Waals surface area (Å²) in [5, 5.41) is 13.8. The maximum Gasteiger partial charge on any atom is 0.172 e. The van der Waals surface area contributed by atoms with Crippen LogP contribution in [-0.4, -0.2) is 15.3 Å². The molecule has 0 unspecified atom stereocenters. The van der Waals surface area contributed by atoms with Crippen molar-refractivity contribution in [2.24, 2.45) is 0 Å². The van der Waals surface area contributed by atoms with Crippen molar-refractivity contribution in [2.45, 2.75) is 19.9 Å². The second-order valence-electron chi connectivity index (χ2n) is 4.17. The van der Waals surface area contributed by atoms with E-state index in [1.54, 1.807) is 0 Å². The Morgan fingerprint density at radius 2 is 2.06 bits per heavy atom. The van der Waals surface area contributed by atoms with Gasteiger partial charge in [-0.05, 0) is 31.6 Å². The zero-order valence-corrected chi connectivity index (χ0v) is 11.2. The highest BCUT2D eigenvalue weighted by atomic mass is 32.1. The molecule has 1 atom stereocenters. The molecule has 1 aromatic heterocycles. The van der Waals surface area contributed by atoms with Gasteiger partial charge >= 0.3 is 0 Å². The van der Waals surface area contributed by atoms with Crippen LogP contribution < -0.4 is 10.6 Å². The first kappa shape index (κ1) is 12.6. The van der Waals surface area contributed by atoms with Crippen LogP contribution in [0.1, 0.15) is 24.2 Å². The summed E-state index contributed by atoms with van der Waals surface area (Å²) < 4.78 is 0. The van der Waals surface area contributed by atoms with Crippen LogP contribution in [0.4, 0.5) is 5.82 Å². The zero-order chi connectivity index (χ0) is 13.0. The van der Waals surface area contributed by atoms with Gasteiger partial charge in [0.2, 0.25) is 0 Å². The summed E-state index contributed by atoms with van der Waals surface area (Å²) in [7, 11) is 0. The number of anilines is 1. The summed E-state index contributed by atoms with van der Waals surface area (Å²) >= 11 is 5.25. The van der Waals surface area contributed by atoms with E-state index in [2.05, 4.69) is 39.9 Å². The van der Waals surface area contributed by atoms with E-state index in [0.717, 1.165) is 11.5 Å². The first-order chi connectivity index (χ1) is 8.65. The van der Waals surface area contributed by atoms with Gasteiger partial charge in [0.25, 0.3) is 0 Å². The highest BCUT2D eigenvalue weighted by Gasteiger charge is 2.07. The SMILES string of the molecule is Cc1cc(NC(=S)N[C@H](C)c2ccccc2)n[nH]1. The van der Waals surface area contributed by atoms with E-state index in [1.165, 1.54) is 5.56 Å². The van der Waals surface area contributed by atoms with Crippen LogP contribution in [0.25, 0.3) is 0 Å². The highest BCUT2D eigenvalue weighted by molar-refractivity contribution is 7.80. The summed E-state index contributed by atoms with van der Waals surface area (Å²) in [6.07, 6.45) is 0. The Bertz CT molecular complexity index is 521. The average Bonchev–Trinajstić information content (AvgIpc) is 2.75. The molecule has 0 radical (unpaired) electrons. The van der Waals surface area contributed by atoms with Crippen molar-refractivity contribution < 1.29 is 0 Å². The molecule has 18 heavy (non-hydrogen) atoms. The minimum atomic E-state index is 0.159. The molecule has 94 valence electrons. The van der Waals surface area contributed by atoms with E-state index in [-0.39, 0.29) is 6.04 Å². The van der Waals surface area contributed by atoms with Gasteiger partial charge in [-0.1, -0.05) is 30.3 Å². The largest absolute Gasteiger partial charge is 0.356 e. The first-order valence-corrected chi connectivity index (χ1v) is 6.20. The number of benzene rings is 1. The van der Waals surface area contributed by atoms with Crippen LogP contribution in [0.5, 0.6) is 0 Å². The number of nitrogens with one attached hydrogen (secondary N) is 3. The molecule has 0 fully saturated rings. The van der Waals surface area contributed by atoms with Crippen molar-refractivity contribution >= 4 is 23.1 Å². The Labute approximate surface area is 112 Å². The third-order valence-electron chi connectivity index (χ3n) is 2.59. The first-order valence-electron chi connectivity index (χ1n) is 5.79. The molecule has 2 rings (SSSR count). The van der Waals surface area contributed by atoms with Crippen molar-refractivity contribution in [1.82, 2.24) is 15.5 Å². The lowest BCUT2D eigenvalue weighted by Crippen LogP contribution is -2.30. The lowest BCUT2D eigenvalue weighted by Gasteiger charge is -2.16. The number of hydrogen-bond acceptors (Lipinski definition) is 2. The van der Waals surface area contributed by atoms with Crippen molar-refractivity contribution in [2.75, 3.05) is 5.32 Å². The second kappa shape index (κ2) is 5.64. The summed E-state index contributed by atoms with van der Waals surface area (Å²) in [6.45, 7) is 4.01. The molecule has 1 aromatic carbocycles. The predicted molar refractivity (Wildman–Crippen MR) is 77.5 cm³/mol. The van der Waals surface area contributed by atoms with Gasteiger partial charge < -0.3 is 10.6 Å². The van der Waals surface area contributed by atoms with E-state index in [1.807, 2.05) is 31.2 Å². The number of hydrogen-bond donors (Lipinski definition) is 3. The Morgan fingerprint density at radius 3 is 2.67 bits per heavy atom. The molecule has 5 heteroatoms. The van der Waals surface area contributed by atoms with Gasteiger partial charge in [-0.2, -0.15) is 5.10 Å². The Hall–Kier alpha value is -1.88. The van der Waals surface area contributed by atoms with Crippen LogP contribution in [-0.2, 0) is 0 Å². The van der Waals surface area contributed by atoms with Crippen molar-refractivity contribution in [3.63, 3.8) is 0 Å². The fourth-order valence-electron chi connectivity index (χ4n) is 1.66. The number of aromatic amines is 1. The average molecular weight is 260 g/mol. The van der Waals surface area contributed by atoms with Crippen LogP contribution in [0.2, 0.25) is 0 Å². The van der Waals surface area contributed by atoms with Crippen LogP contribution in [0, 0.1) is 6.92 Å². The smallest absolute Gasteiger partial charge is 0.172 e. The Kier molecular flexibility index (Phi) is 3.94. The van der Waals surface area contributed by atoms with Gasteiger partial charge in [0.1, 0.15) is 0 Å². The van der Waals surface area contributed by atoms with E-state index in [0.29, 0.717) is 5.11 Å². The maximum absolute atomic E-state index is 5.25. The van der Waals surface area contributed by atoms with E-state index in [9.17, 15) is 0 Å². The molecule has 0 saturated heterocycles.